The molecule has 0 atom stereocenters. The first-order chi connectivity index (χ1) is 19.4. The highest BCUT2D eigenvalue weighted by molar-refractivity contribution is 7.93. The Kier molecular flexibility index (Phi) is 8.49. The Balaban J connectivity index is 1.36. The molecular formula is C26H21BN2O10S2. The van der Waals surface area contributed by atoms with E-state index in [9.17, 15) is 26.4 Å². The van der Waals surface area contributed by atoms with Crippen molar-refractivity contribution in [3.8, 4) is 11.5 Å². The topological polar surface area (TPSA) is 185 Å². The van der Waals surface area contributed by atoms with E-state index in [1.807, 2.05) is 0 Å². The van der Waals surface area contributed by atoms with Crippen LogP contribution in [0.4, 0.5) is 11.4 Å². The van der Waals surface area contributed by atoms with Gasteiger partial charge in [-0.1, -0.05) is 12.1 Å². The second-order valence-corrected chi connectivity index (χ2v) is 11.7. The van der Waals surface area contributed by atoms with Gasteiger partial charge in [-0.05, 0) is 72.8 Å². The van der Waals surface area contributed by atoms with Crippen LogP contribution in [0.1, 0.15) is 20.7 Å². The van der Waals surface area contributed by atoms with E-state index in [0.29, 0.717) is 0 Å². The molecule has 41 heavy (non-hydrogen) atoms. The molecule has 0 saturated carbocycles. The number of aromatic carboxylic acids is 2. The van der Waals surface area contributed by atoms with Crippen LogP contribution >= 0.6 is 0 Å². The maximum absolute atomic E-state index is 12.7. The molecule has 0 aliphatic heterocycles. The number of carboxylic acid groups (broad SMARTS) is 2. The van der Waals surface area contributed by atoms with Crippen molar-refractivity contribution in [1.82, 2.24) is 0 Å². The van der Waals surface area contributed by atoms with Crippen molar-refractivity contribution in [2.75, 3.05) is 9.44 Å². The Hall–Kier alpha value is -5.02. The lowest BCUT2D eigenvalue weighted by Crippen LogP contribution is -2.15. The summed E-state index contributed by atoms with van der Waals surface area (Å²) < 4.78 is 66.5. The van der Waals surface area contributed by atoms with Crippen LogP contribution in [0.3, 0.4) is 0 Å². The SMILES string of the molecule is O=C(O)c1ccc(S(=O)(=O)Nc2cccc(OBOc3cccc(NS(=O)(=O)c4ccc(C(=O)O)cc4)c3)c2)cc1. The molecule has 0 spiro atoms. The van der Waals surface area contributed by atoms with Gasteiger partial charge in [0.2, 0.25) is 0 Å². The fourth-order valence-electron chi connectivity index (χ4n) is 3.45. The van der Waals surface area contributed by atoms with Crippen LogP contribution < -0.4 is 18.8 Å². The van der Waals surface area contributed by atoms with Crippen LogP contribution in [0, 0.1) is 0 Å². The van der Waals surface area contributed by atoms with Crippen LogP contribution in [0.2, 0.25) is 0 Å². The smallest absolute Gasteiger partial charge is 0.528 e. The van der Waals surface area contributed by atoms with Gasteiger partial charge in [-0.2, -0.15) is 0 Å². The fraction of sp³-hybridized carbons (Fsp3) is 0. The Morgan fingerprint density at radius 3 is 1.29 bits per heavy atom. The highest BCUT2D eigenvalue weighted by Crippen LogP contribution is 2.23. The maximum atomic E-state index is 12.7. The van der Waals surface area contributed by atoms with Gasteiger partial charge in [0.15, 0.2) is 0 Å². The fourth-order valence-corrected chi connectivity index (χ4v) is 5.54. The Morgan fingerprint density at radius 2 is 0.951 bits per heavy atom. The molecule has 0 aliphatic rings. The number of rotatable bonds is 12. The number of anilines is 2. The minimum Gasteiger partial charge on any atom is -0.528 e. The van der Waals surface area contributed by atoms with Gasteiger partial charge in [0.25, 0.3) is 20.0 Å². The predicted octanol–water partition coefficient (Wildman–Crippen LogP) is 3.41. The summed E-state index contributed by atoms with van der Waals surface area (Å²) in [6.07, 6.45) is 0. The van der Waals surface area contributed by atoms with Crippen LogP contribution in [-0.4, -0.2) is 46.7 Å². The third kappa shape index (κ3) is 7.55. The standard InChI is InChI=1S/C26H21BN2O10S2/c30-25(31)17-7-11-23(12-8-17)40(34,35)28-19-3-1-5-21(15-19)38-27-39-22-6-2-4-20(16-22)29-41(36,37)24-13-9-18(10-14-24)26(32)33/h1-16,27-29H,(H,30,31)(H,32,33). The molecule has 0 aliphatic carbocycles. The van der Waals surface area contributed by atoms with Crippen molar-refractivity contribution < 1.29 is 45.9 Å². The summed E-state index contributed by atoms with van der Waals surface area (Å²) in [5.74, 6) is -1.81. The molecule has 15 heteroatoms. The Morgan fingerprint density at radius 1 is 0.585 bits per heavy atom. The molecule has 4 aromatic carbocycles. The molecule has 0 amide bonds. The molecule has 0 unspecified atom stereocenters. The number of benzene rings is 4. The highest BCUT2D eigenvalue weighted by atomic mass is 32.2. The zero-order valence-corrected chi connectivity index (χ0v) is 22.6. The summed E-state index contributed by atoms with van der Waals surface area (Å²) >= 11 is 0. The van der Waals surface area contributed by atoms with E-state index in [2.05, 4.69) is 9.44 Å². The van der Waals surface area contributed by atoms with Crippen LogP contribution in [0.5, 0.6) is 11.5 Å². The summed E-state index contributed by atoms with van der Waals surface area (Å²) in [5, 5.41) is 18.0. The first-order valence-electron chi connectivity index (χ1n) is 11.6. The summed E-state index contributed by atoms with van der Waals surface area (Å²) in [5.41, 5.74) is 0.291. The average Bonchev–Trinajstić information content (AvgIpc) is 2.93. The van der Waals surface area contributed by atoms with E-state index in [4.69, 9.17) is 19.5 Å². The van der Waals surface area contributed by atoms with Gasteiger partial charge in [0.05, 0.1) is 32.3 Å². The minimum atomic E-state index is -3.99. The van der Waals surface area contributed by atoms with Gasteiger partial charge >= 0.3 is 19.6 Å². The van der Waals surface area contributed by atoms with E-state index in [0.717, 1.165) is 0 Å². The maximum Gasteiger partial charge on any atom is 0.576 e. The zero-order valence-electron chi connectivity index (χ0n) is 20.9. The summed E-state index contributed by atoms with van der Waals surface area (Å²) in [6.45, 7) is 0. The van der Waals surface area contributed by atoms with E-state index in [1.54, 1.807) is 24.3 Å². The van der Waals surface area contributed by atoms with Crippen LogP contribution in [0.15, 0.2) is 107 Å². The van der Waals surface area contributed by atoms with E-state index in [1.165, 1.54) is 72.8 Å². The normalized spacial score (nSPS) is 11.2. The molecule has 0 heterocycles. The number of sulfonamides is 2. The molecule has 4 rings (SSSR count). The van der Waals surface area contributed by atoms with Crippen molar-refractivity contribution in [1.29, 1.82) is 0 Å². The molecule has 0 fully saturated rings. The predicted molar refractivity (Wildman–Crippen MR) is 150 cm³/mol. The average molecular weight is 596 g/mol. The Bertz CT molecular complexity index is 1660. The van der Waals surface area contributed by atoms with Crippen LogP contribution in [-0.2, 0) is 20.0 Å². The van der Waals surface area contributed by atoms with E-state index < -0.39 is 32.0 Å². The first kappa shape index (κ1) is 29.0. The lowest BCUT2D eigenvalue weighted by Gasteiger charge is -2.12. The van der Waals surface area contributed by atoms with Gasteiger partial charge in [-0.15, -0.1) is 0 Å². The third-order valence-electron chi connectivity index (χ3n) is 5.45. The molecule has 4 N–H and O–H groups in total. The number of hydrogen-bond acceptors (Lipinski definition) is 8. The molecule has 0 aromatic heterocycles. The van der Waals surface area contributed by atoms with E-state index in [-0.39, 0.29) is 51.5 Å². The number of nitrogens with one attached hydrogen (secondary N) is 2. The molecule has 4 aromatic rings. The van der Waals surface area contributed by atoms with Gasteiger partial charge in [0.1, 0.15) is 11.5 Å². The molecule has 0 bridgehead atoms. The second kappa shape index (κ2) is 12.0. The van der Waals surface area contributed by atoms with Gasteiger partial charge in [-0.3, -0.25) is 9.44 Å². The second-order valence-electron chi connectivity index (χ2n) is 8.33. The highest BCUT2D eigenvalue weighted by Gasteiger charge is 2.17. The number of hydrogen-bond donors (Lipinski definition) is 4. The van der Waals surface area contributed by atoms with Gasteiger partial charge < -0.3 is 19.5 Å². The number of carboxylic acids is 2. The summed E-state index contributed by atoms with van der Waals surface area (Å²) in [6, 6.07) is 21.6. The van der Waals surface area contributed by atoms with E-state index >= 15 is 0 Å². The van der Waals surface area contributed by atoms with Gasteiger partial charge in [-0.25, -0.2) is 26.4 Å². The quantitative estimate of drug-likeness (QED) is 0.177. The lowest BCUT2D eigenvalue weighted by atomic mass is 10.2. The number of carbonyl (C=O) groups is 2. The summed E-state index contributed by atoms with van der Waals surface area (Å²) in [7, 11) is -8.28. The molecule has 0 saturated heterocycles. The third-order valence-corrected chi connectivity index (χ3v) is 8.24. The summed E-state index contributed by atoms with van der Waals surface area (Å²) in [4.78, 5) is 21.7. The first-order valence-corrected chi connectivity index (χ1v) is 14.6. The van der Waals surface area contributed by atoms with Crippen molar-refractivity contribution in [3.63, 3.8) is 0 Å². The monoisotopic (exact) mass is 596 g/mol. The van der Waals surface area contributed by atoms with Crippen LogP contribution in [0.25, 0.3) is 0 Å². The minimum absolute atomic E-state index is 0.0467. The molecular weight excluding hydrogens is 575 g/mol. The molecule has 12 nitrogen and oxygen atoms in total. The van der Waals surface area contributed by atoms with Gasteiger partial charge in [0, 0.05) is 12.1 Å². The Labute approximate surface area is 235 Å². The zero-order chi connectivity index (χ0) is 29.6. The van der Waals surface area contributed by atoms with Crippen molar-refractivity contribution in [2.45, 2.75) is 9.79 Å². The van der Waals surface area contributed by atoms with Crippen molar-refractivity contribution in [2.24, 2.45) is 0 Å². The largest absolute Gasteiger partial charge is 0.576 e. The molecule has 210 valence electrons. The molecule has 0 radical (unpaired) electrons. The lowest BCUT2D eigenvalue weighted by molar-refractivity contribution is 0.0686. The van der Waals surface area contributed by atoms with Crippen molar-refractivity contribution in [3.05, 3.63) is 108 Å². The van der Waals surface area contributed by atoms with Crippen molar-refractivity contribution >= 4 is 51.0 Å².